The summed E-state index contributed by atoms with van der Waals surface area (Å²) >= 11 is 0. The molecule has 3 atom stereocenters. The highest BCUT2D eigenvalue weighted by molar-refractivity contribution is 6.74. The third kappa shape index (κ3) is 2.65. The highest BCUT2D eigenvalue weighted by atomic mass is 28.4. The van der Waals surface area contributed by atoms with Crippen LogP contribution in [0.4, 0.5) is 0 Å². The molecule has 122 valence electrons. The summed E-state index contributed by atoms with van der Waals surface area (Å²) in [5, 5.41) is 0.232. The molecule has 2 rings (SSSR count). The van der Waals surface area contributed by atoms with Crippen LogP contribution in [0.3, 0.4) is 0 Å². The molecule has 2 aliphatic rings. The lowest BCUT2D eigenvalue weighted by atomic mass is 9.50. The van der Waals surface area contributed by atoms with Crippen molar-refractivity contribution in [3.63, 3.8) is 0 Å². The number of carbonyl (C=O) groups is 1. The number of hydrogen-bond donors (Lipinski definition) is 0. The quantitative estimate of drug-likeness (QED) is 0.645. The van der Waals surface area contributed by atoms with Crippen LogP contribution in [0.25, 0.3) is 0 Å². The van der Waals surface area contributed by atoms with Gasteiger partial charge in [0.05, 0.1) is 6.10 Å². The molecular formula is C18H34O2Si. The van der Waals surface area contributed by atoms with Crippen molar-refractivity contribution in [1.29, 1.82) is 0 Å². The Morgan fingerprint density at radius 2 is 1.71 bits per heavy atom. The van der Waals surface area contributed by atoms with Crippen molar-refractivity contribution in [3.05, 3.63) is 0 Å². The van der Waals surface area contributed by atoms with E-state index in [1.54, 1.807) is 0 Å². The van der Waals surface area contributed by atoms with Crippen molar-refractivity contribution in [2.75, 3.05) is 0 Å². The van der Waals surface area contributed by atoms with Crippen molar-refractivity contribution >= 4 is 14.1 Å². The summed E-state index contributed by atoms with van der Waals surface area (Å²) < 4.78 is 6.82. The topological polar surface area (TPSA) is 26.3 Å². The molecule has 0 unspecified atom stereocenters. The first-order valence-corrected chi connectivity index (χ1v) is 11.6. The second-order valence-corrected chi connectivity index (χ2v) is 14.0. The summed E-state index contributed by atoms with van der Waals surface area (Å²) in [5.41, 5.74) is -0.118. The Balaban J connectivity index is 2.30. The summed E-state index contributed by atoms with van der Waals surface area (Å²) in [4.78, 5) is 12.6. The fourth-order valence-corrected chi connectivity index (χ4v) is 5.53. The van der Waals surface area contributed by atoms with Crippen molar-refractivity contribution in [3.8, 4) is 0 Å². The zero-order chi connectivity index (χ0) is 16.1. The van der Waals surface area contributed by atoms with Crippen LogP contribution < -0.4 is 0 Å². The van der Waals surface area contributed by atoms with Crippen LogP contribution in [0.2, 0.25) is 18.1 Å². The van der Waals surface area contributed by atoms with E-state index in [4.69, 9.17) is 4.43 Å². The number of rotatable bonds is 2. The third-order valence-electron chi connectivity index (χ3n) is 7.09. The van der Waals surface area contributed by atoms with Gasteiger partial charge in [0, 0.05) is 17.3 Å². The molecule has 0 radical (unpaired) electrons. The molecular weight excluding hydrogens is 276 g/mol. The first-order valence-electron chi connectivity index (χ1n) is 8.65. The van der Waals surface area contributed by atoms with Gasteiger partial charge in [-0.3, -0.25) is 4.79 Å². The largest absolute Gasteiger partial charge is 0.413 e. The molecule has 0 N–H and O–H groups in total. The van der Waals surface area contributed by atoms with Crippen LogP contribution in [-0.4, -0.2) is 20.2 Å². The van der Waals surface area contributed by atoms with E-state index in [9.17, 15) is 4.79 Å². The van der Waals surface area contributed by atoms with Gasteiger partial charge in [0.25, 0.3) is 0 Å². The van der Waals surface area contributed by atoms with E-state index in [0.717, 1.165) is 19.3 Å². The number of Topliss-reactive ketones (excluding diaryl/α,β-unsaturated/α-hetero) is 1. The average Bonchev–Trinajstić information content (AvgIpc) is 2.34. The summed E-state index contributed by atoms with van der Waals surface area (Å²) in [6.07, 6.45) is 6.56. The Labute approximate surface area is 132 Å². The van der Waals surface area contributed by atoms with E-state index in [1.165, 1.54) is 12.8 Å². The Morgan fingerprint density at radius 1 is 1.14 bits per heavy atom. The highest BCUT2D eigenvalue weighted by Gasteiger charge is 2.58. The molecule has 3 heteroatoms. The van der Waals surface area contributed by atoms with Crippen molar-refractivity contribution in [2.24, 2.45) is 10.8 Å². The molecule has 2 aliphatic carbocycles. The first-order chi connectivity index (χ1) is 9.44. The molecule has 0 aromatic carbocycles. The van der Waals surface area contributed by atoms with E-state index in [-0.39, 0.29) is 22.0 Å². The van der Waals surface area contributed by atoms with Crippen molar-refractivity contribution < 1.29 is 9.22 Å². The fourth-order valence-electron chi connectivity index (χ4n) is 4.08. The van der Waals surface area contributed by atoms with Gasteiger partial charge in [-0.2, -0.15) is 0 Å². The summed E-state index contributed by atoms with van der Waals surface area (Å²) in [6, 6.07) is 0. The van der Waals surface area contributed by atoms with Crippen LogP contribution in [0.1, 0.15) is 73.1 Å². The Hall–Kier alpha value is -0.153. The zero-order valence-electron chi connectivity index (χ0n) is 15.1. The SMILES string of the molecule is CC(C)(C)[Si](C)(C)O[C@H]1CCC(=O)[C@]2(C)CCCC[C@]12C. The minimum absolute atomic E-state index is 0.0378. The molecule has 0 bridgehead atoms. The lowest BCUT2D eigenvalue weighted by molar-refractivity contribution is -0.159. The minimum Gasteiger partial charge on any atom is -0.413 e. The van der Waals surface area contributed by atoms with Gasteiger partial charge in [-0.25, -0.2) is 0 Å². The predicted molar refractivity (Wildman–Crippen MR) is 91.0 cm³/mol. The number of ketones is 1. The lowest BCUT2D eigenvalue weighted by Crippen LogP contribution is -2.60. The molecule has 2 saturated carbocycles. The smallest absolute Gasteiger partial charge is 0.192 e. The Morgan fingerprint density at radius 3 is 2.29 bits per heavy atom. The van der Waals surface area contributed by atoms with E-state index >= 15 is 0 Å². The maximum atomic E-state index is 12.6. The predicted octanol–water partition coefficient (Wildman–Crippen LogP) is 5.33. The maximum Gasteiger partial charge on any atom is 0.192 e. The Kier molecular flexibility index (Phi) is 4.25. The second-order valence-electron chi connectivity index (χ2n) is 9.29. The molecule has 0 spiro atoms. The average molecular weight is 311 g/mol. The summed E-state index contributed by atoms with van der Waals surface area (Å²) in [5.74, 6) is 0.486. The van der Waals surface area contributed by atoms with Crippen LogP contribution in [0, 0.1) is 10.8 Å². The first kappa shape index (κ1) is 17.2. The van der Waals surface area contributed by atoms with Gasteiger partial charge < -0.3 is 4.43 Å². The van der Waals surface area contributed by atoms with Gasteiger partial charge in [0.2, 0.25) is 0 Å². The van der Waals surface area contributed by atoms with Crippen LogP contribution in [0.15, 0.2) is 0 Å². The van der Waals surface area contributed by atoms with Gasteiger partial charge in [-0.05, 0) is 37.4 Å². The maximum absolute atomic E-state index is 12.6. The van der Waals surface area contributed by atoms with Crippen molar-refractivity contribution in [2.45, 2.75) is 97.4 Å². The number of fused-ring (bicyclic) bond motifs is 1. The summed E-state index contributed by atoms with van der Waals surface area (Å²) in [7, 11) is -1.78. The normalized spacial score (nSPS) is 38.2. The van der Waals surface area contributed by atoms with Gasteiger partial charge >= 0.3 is 0 Å². The molecule has 0 aromatic heterocycles. The molecule has 2 nitrogen and oxygen atoms in total. The second kappa shape index (κ2) is 5.19. The lowest BCUT2D eigenvalue weighted by Gasteiger charge is -2.58. The van der Waals surface area contributed by atoms with Gasteiger partial charge in [-0.15, -0.1) is 0 Å². The van der Waals surface area contributed by atoms with Crippen LogP contribution in [-0.2, 0) is 9.22 Å². The molecule has 2 fully saturated rings. The molecule has 21 heavy (non-hydrogen) atoms. The van der Waals surface area contributed by atoms with Gasteiger partial charge in [0.1, 0.15) is 5.78 Å². The van der Waals surface area contributed by atoms with Gasteiger partial charge in [-0.1, -0.05) is 47.5 Å². The molecule has 0 amide bonds. The molecule has 0 saturated heterocycles. The number of carbonyl (C=O) groups excluding carboxylic acids is 1. The van der Waals surface area contributed by atoms with Gasteiger partial charge in [0.15, 0.2) is 8.32 Å². The minimum atomic E-state index is -1.78. The molecule has 0 heterocycles. The van der Waals surface area contributed by atoms with Crippen molar-refractivity contribution in [1.82, 2.24) is 0 Å². The molecule has 0 aliphatic heterocycles. The third-order valence-corrected chi connectivity index (χ3v) is 11.6. The fraction of sp³-hybridized carbons (Fsp3) is 0.944. The zero-order valence-corrected chi connectivity index (χ0v) is 16.1. The molecule has 0 aromatic rings. The summed E-state index contributed by atoms with van der Waals surface area (Å²) in [6.45, 7) is 16.1. The van der Waals surface area contributed by atoms with E-state index in [0.29, 0.717) is 12.2 Å². The van der Waals surface area contributed by atoms with E-state index < -0.39 is 8.32 Å². The Bertz CT molecular complexity index is 423. The van der Waals surface area contributed by atoms with E-state index in [2.05, 4.69) is 47.7 Å². The number of hydrogen-bond acceptors (Lipinski definition) is 2. The highest BCUT2D eigenvalue weighted by Crippen LogP contribution is 2.58. The van der Waals surface area contributed by atoms with E-state index in [1.807, 2.05) is 0 Å². The standard InChI is InChI=1S/C18H34O2Si/c1-16(2,3)21(6,7)20-15-11-10-14(19)17(4)12-8-9-13-18(15,17)5/h15H,8-13H2,1-7H3/t15-,17-,18+/m0/s1. The monoisotopic (exact) mass is 310 g/mol. The van der Waals surface area contributed by atoms with Crippen LogP contribution >= 0.6 is 0 Å². The van der Waals surface area contributed by atoms with Crippen LogP contribution in [0.5, 0.6) is 0 Å².